The van der Waals surface area contributed by atoms with Crippen molar-refractivity contribution in [2.24, 2.45) is 0 Å². The third-order valence-corrected chi connectivity index (χ3v) is 7.10. The summed E-state index contributed by atoms with van der Waals surface area (Å²) in [5.74, 6) is 0.634. The number of hydrogen-bond donors (Lipinski definition) is 0. The Kier molecular flexibility index (Phi) is 6.48. The highest BCUT2D eigenvalue weighted by Crippen LogP contribution is 2.33. The van der Waals surface area contributed by atoms with E-state index >= 15 is 0 Å². The molecular weight excluding hydrogens is 474 g/mol. The summed E-state index contributed by atoms with van der Waals surface area (Å²) in [7, 11) is 0. The van der Waals surface area contributed by atoms with E-state index in [1.807, 2.05) is 12.1 Å². The molecule has 3 nitrogen and oxygen atoms in total. The second-order valence-corrected chi connectivity index (χ2v) is 9.64. The Hall–Kier alpha value is -5.02. The summed E-state index contributed by atoms with van der Waals surface area (Å²) in [6, 6.07) is 38.0. The maximum atomic E-state index is 5.30. The molecule has 0 saturated heterocycles. The van der Waals surface area contributed by atoms with Crippen molar-refractivity contribution in [2.45, 2.75) is 13.8 Å². The number of aromatic nitrogens is 3. The van der Waals surface area contributed by atoms with Crippen molar-refractivity contribution in [3.05, 3.63) is 145 Å². The quantitative estimate of drug-likeness (QED) is 0.224. The van der Waals surface area contributed by atoms with Gasteiger partial charge in [-0.25, -0.2) is 9.97 Å². The zero-order valence-electron chi connectivity index (χ0n) is 22.2. The highest BCUT2D eigenvalue weighted by atomic mass is 15.2. The molecule has 0 radical (unpaired) electrons. The lowest BCUT2D eigenvalue weighted by molar-refractivity contribution is 0.937. The van der Waals surface area contributed by atoms with Gasteiger partial charge in [0.05, 0.1) is 16.7 Å². The second kappa shape index (κ2) is 10.4. The first-order valence-electron chi connectivity index (χ1n) is 13.1. The van der Waals surface area contributed by atoms with E-state index in [0.717, 1.165) is 55.3 Å². The second-order valence-electron chi connectivity index (χ2n) is 9.64. The molecule has 188 valence electrons. The first-order valence-corrected chi connectivity index (χ1v) is 13.1. The Bertz CT molecular complexity index is 1940. The van der Waals surface area contributed by atoms with Gasteiger partial charge in [-0.15, -0.1) is 0 Å². The van der Waals surface area contributed by atoms with E-state index in [0.29, 0.717) is 5.95 Å². The predicted molar refractivity (Wildman–Crippen MR) is 166 cm³/mol. The minimum absolute atomic E-state index is 0.634. The summed E-state index contributed by atoms with van der Waals surface area (Å²) in [6.07, 6.45) is 5.86. The van der Waals surface area contributed by atoms with Gasteiger partial charge in [-0.2, -0.15) is 0 Å². The van der Waals surface area contributed by atoms with Gasteiger partial charge in [-0.3, -0.25) is 4.57 Å². The van der Waals surface area contributed by atoms with Crippen molar-refractivity contribution in [3.8, 4) is 17.2 Å². The van der Waals surface area contributed by atoms with Gasteiger partial charge in [-0.05, 0) is 36.2 Å². The van der Waals surface area contributed by atoms with Crippen LogP contribution in [0.25, 0.3) is 55.9 Å². The molecule has 0 aliphatic rings. The van der Waals surface area contributed by atoms with Crippen LogP contribution in [0.15, 0.2) is 128 Å². The fraction of sp³-hybridized carbons (Fsp3) is 0.0556. The van der Waals surface area contributed by atoms with Gasteiger partial charge in [-0.1, -0.05) is 128 Å². The molecule has 4 aromatic carbocycles. The van der Waals surface area contributed by atoms with Gasteiger partial charge in [0.15, 0.2) is 0 Å². The van der Waals surface area contributed by atoms with Gasteiger partial charge in [0.2, 0.25) is 5.95 Å². The summed E-state index contributed by atoms with van der Waals surface area (Å²) in [4.78, 5) is 10.6. The van der Waals surface area contributed by atoms with Gasteiger partial charge in [0, 0.05) is 27.6 Å². The molecule has 39 heavy (non-hydrogen) atoms. The number of fused-ring (bicyclic) bond motifs is 4. The standard InChI is InChI=1S/C36H29N3/c1-4-5-19-30-25(2)21-24-32-33(28-16-9-7-10-17-28)37-36(38-34(30)32)39-26(3)14-8-6-11-18-29-23-22-27-15-12-13-20-31(27)35(29)39/h4-24H,1H2,2-3H3/b8-6?,18-11?,19-5-,26-14?. The van der Waals surface area contributed by atoms with Crippen molar-refractivity contribution >= 4 is 38.7 Å². The zero-order chi connectivity index (χ0) is 26.8. The molecule has 0 aliphatic carbocycles. The Balaban J connectivity index is 1.85. The van der Waals surface area contributed by atoms with Crippen LogP contribution in [0.1, 0.15) is 16.8 Å². The van der Waals surface area contributed by atoms with E-state index < -0.39 is 0 Å². The molecule has 0 N–H and O–H groups in total. The molecule has 0 aliphatic heterocycles. The first-order chi connectivity index (χ1) is 19.2. The number of allylic oxidation sites excluding steroid dienone is 2. The smallest absolute Gasteiger partial charge is 0.235 e. The van der Waals surface area contributed by atoms with E-state index in [1.165, 1.54) is 5.39 Å². The number of aryl methyl sites for hydroxylation is 2. The minimum atomic E-state index is 0.634. The summed E-state index contributed by atoms with van der Waals surface area (Å²) in [6.45, 7) is 8.12. The molecule has 2 aromatic heterocycles. The normalized spacial score (nSPS) is 11.3. The average molecular weight is 504 g/mol. The van der Waals surface area contributed by atoms with Crippen molar-refractivity contribution in [1.29, 1.82) is 0 Å². The lowest BCUT2D eigenvalue weighted by atomic mass is 10.00. The molecular formula is C36H29N3. The highest BCUT2D eigenvalue weighted by molar-refractivity contribution is 6.06. The fourth-order valence-corrected chi connectivity index (χ4v) is 5.18. The van der Waals surface area contributed by atoms with Crippen molar-refractivity contribution in [3.63, 3.8) is 0 Å². The molecule has 0 bridgehead atoms. The Morgan fingerprint density at radius 1 is 0.667 bits per heavy atom. The summed E-state index contributed by atoms with van der Waals surface area (Å²) in [5, 5.41) is 4.44. The lowest BCUT2D eigenvalue weighted by Crippen LogP contribution is -2.08. The Morgan fingerprint density at radius 3 is 2.18 bits per heavy atom. The van der Waals surface area contributed by atoms with Crippen molar-refractivity contribution in [1.82, 2.24) is 14.5 Å². The molecule has 0 fully saturated rings. The van der Waals surface area contributed by atoms with E-state index in [2.05, 4.69) is 134 Å². The average Bonchev–Trinajstić information content (AvgIpc) is 3.05. The topological polar surface area (TPSA) is 30.7 Å². The molecule has 0 amide bonds. The van der Waals surface area contributed by atoms with Crippen LogP contribution < -0.4 is 0 Å². The van der Waals surface area contributed by atoms with Crippen LogP contribution in [-0.4, -0.2) is 14.5 Å². The Labute approximate surface area is 228 Å². The third kappa shape index (κ3) is 4.49. The van der Waals surface area contributed by atoms with Crippen LogP contribution in [0.4, 0.5) is 0 Å². The first kappa shape index (κ1) is 24.3. The SMILES string of the molecule is C=C/C=C\c1c(C)ccc2c(-c3ccccc3)nc(-n3c(C)cccccc4ccc5ccccc5c43)nc12. The zero-order valence-corrected chi connectivity index (χ0v) is 22.2. The van der Waals surface area contributed by atoms with Crippen molar-refractivity contribution in [2.75, 3.05) is 0 Å². The lowest BCUT2D eigenvalue weighted by Gasteiger charge is -2.17. The largest absolute Gasteiger partial charge is 0.282 e. The fourth-order valence-electron chi connectivity index (χ4n) is 5.18. The van der Waals surface area contributed by atoms with E-state index in [4.69, 9.17) is 9.97 Å². The van der Waals surface area contributed by atoms with Gasteiger partial charge >= 0.3 is 0 Å². The monoisotopic (exact) mass is 503 g/mol. The van der Waals surface area contributed by atoms with Gasteiger partial charge < -0.3 is 0 Å². The van der Waals surface area contributed by atoms with Crippen LogP contribution in [0.2, 0.25) is 0 Å². The molecule has 0 spiro atoms. The van der Waals surface area contributed by atoms with Crippen LogP contribution in [0.5, 0.6) is 0 Å². The molecule has 6 aromatic rings. The third-order valence-electron chi connectivity index (χ3n) is 7.10. The van der Waals surface area contributed by atoms with E-state index in [1.54, 1.807) is 6.08 Å². The number of hydrogen-bond acceptors (Lipinski definition) is 2. The molecule has 6 rings (SSSR count). The van der Waals surface area contributed by atoms with Crippen molar-refractivity contribution < 1.29 is 0 Å². The minimum Gasteiger partial charge on any atom is -0.282 e. The highest BCUT2D eigenvalue weighted by Gasteiger charge is 2.16. The number of benzene rings is 4. The Morgan fingerprint density at radius 2 is 1.36 bits per heavy atom. The maximum absolute atomic E-state index is 5.30. The molecule has 0 saturated carbocycles. The summed E-state index contributed by atoms with van der Waals surface area (Å²) < 4.78 is 2.20. The van der Waals surface area contributed by atoms with E-state index in [-0.39, 0.29) is 0 Å². The van der Waals surface area contributed by atoms with Gasteiger partial charge in [0.1, 0.15) is 0 Å². The van der Waals surface area contributed by atoms with Crippen LogP contribution in [-0.2, 0) is 0 Å². The van der Waals surface area contributed by atoms with Gasteiger partial charge in [0.25, 0.3) is 0 Å². The number of rotatable bonds is 4. The molecule has 0 atom stereocenters. The predicted octanol–water partition coefficient (Wildman–Crippen LogP) is 9.33. The molecule has 0 unspecified atom stereocenters. The maximum Gasteiger partial charge on any atom is 0.235 e. The van der Waals surface area contributed by atoms with Crippen LogP contribution in [0.3, 0.4) is 0 Å². The molecule has 3 heteroatoms. The molecule has 2 heterocycles. The van der Waals surface area contributed by atoms with E-state index in [9.17, 15) is 0 Å². The van der Waals surface area contributed by atoms with Crippen LogP contribution in [0, 0.1) is 13.8 Å². The number of nitrogens with zero attached hydrogens (tertiary/aromatic N) is 3. The van der Waals surface area contributed by atoms with Crippen LogP contribution >= 0.6 is 0 Å². The summed E-state index contributed by atoms with van der Waals surface area (Å²) in [5.41, 5.74) is 7.19. The summed E-state index contributed by atoms with van der Waals surface area (Å²) >= 11 is 0.